The number of amides is 2. The fourth-order valence-corrected chi connectivity index (χ4v) is 3.14. The number of carbonyl (C=O) groups excluding carboxylic acids is 2. The highest BCUT2D eigenvalue weighted by Gasteiger charge is 2.32. The summed E-state index contributed by atoms with van der Waals surface area (Å²) in [6, 6.07) is 7.07. The Labute approximate surface area is 130 Å². The van der Waals surface area contributed by atoms with Crippen LogP contribution in [0.4, 0.5) is 0 Å². The van der Waals surface area contributed by atoms with Gasteiger partial charge < -0.3 is 15.0 Å². The lowest BCUT2D eigenvalue weighted by molar-refractivity contribution is -0.137. The van der Waals surface area contributed by atoms with Gasteiger partial charge in [-0.15, -0.1) is 0 Å². The molecule has 0 saturated carbocycles. The minimum atomic E-state index is -0.488. The van der Waals surface area contributed by atoms with Gasteiger partial charge in [-0.25, -0.2) is 0 Å². The number of ether oxygens (including phenoxy) is 1. The molecule has 5 heteroatoms. The summed E-state index contributed by atoms with van der Waals surface area (Å²) in [5.41, 5.74) is 0.901. The van der Waals surface area contributed by atoms with E-state index >= 15 is 0 Å². The molecule has 0 spiro atoms. The first-order valence-corrected chi connectivity index (χ1v) is 7.97. The number of piperidine rings is 1. The predicted molar refractivity (Wildman–Crippen MR) is 82.7 cm³/mol. The molecule has 22 heavy (non-hydrogen) atoms. The third-order valence-electron chi connectivity index (χ3n) is 4.41. The fraction of sp³-hybridized carbons (Fsp3) is 0.529. The average molecular weight is 302 g/mol. The van der Waals surface area contributed by atoms with Crippen molar-refractivity contribution in [2.75, 3.05) is 19.7 Å². The van der Waals surface area contributed by atoms with Crippen LogP contribution in [0, 0.1) is 0 Å². The fourth-order valence-electron chi connectivity index (χ4n) is 3.14. The van der Waals surface area contributed by atoms with Crippen molar-refractivity contribution in [1.29, 1.82) is 0 Å². The summed E-state index contributed by atoms with van der Waals surface area (Å²) in [6.45, 7) is 3.70. The zero-order valence-electron chi connectivity index (χ0n) is 12.9. The molecule has 1 fully saturated rings. The molecule has 2 heterocycles. The lowest BCUT2D eigenvalue weighted by atomic mass is 10.00. The summed E-state index contributed by atoms with van der Waals surface area (Å²) in [5, 5.41) is 2.85. The highest BCUT2D eigenvalue weighted by molar-refractivity contribution is 5.91. The van der Waals surface area contributed by atoms with Gasteiger partial charge in [-0.1, -0.05) is 18.2 Å². The van der Waals surface area contributed by atoms with Crippen molar-refractivity contribution in [3.05, 3.63) is 29.8 Å². The van der Waals surface area contributed by atoms with E-state index in [1.807, 2.05) is 29.2 Å². The van der Waals surface area contributed by atoms with Crippen LogP contribution < -0.4 is 10.1 Å². The highest BCUT2D eigenvalue weighted by Crippen LogP contribution is 2.33. The van der Waals surface area contributed by atoms with Crippen molar-refractivity contribution in [1.82, 2.24) is 10.2 Å². The lowest BCUT2D eigenvalue weighted by Crippen LogP contribution is -2.49. The summed E-state index contributed by atoms with van der Waals surface area (Å²) >= 11 is 0. The molecule has 1 N–H and O–H groups in total. The Bertz CT molecular complexity index is 567. The lowest BCUT2D eigenvalue weighted by Gasteiger charge is -2.29. The van der Waals surface area contributed by atoms with Gasteiger partial charge in [0.2, 0.25) is 11.8 Å². The van der Waals surface area contributed by atoms with Crippen LogP contribution in [-0.4, -0.2) is 42.5 Å². The molecule has 0 aromatic heterocycles. The van der Waals surface area contributed by atoms with Crippen molar-refractivity contribution in [3.8, 4) is 5.75 Å². The van der Waals surface area contributed by atoms with E-state index < -0.39 is 6.04 Å². The molecular weight excluding hydrogens is 280 g/mol. The number of fused-ring (bicyclic) bond motifs is 1. The predicted octanol–water partition coefficient (Wildman–Crippen LogP) is 1.68. The zero-order valence-corrected chi connectivity index (χ0v) is 12.9. The first-order valence-electron chi connectivity index (χ1n) is 7.97. The Morgan fingerprint density at radius 3 is 2.73 bits per heavy atom. The molecule has 1 aromatic carbocycles. The Morgan fingerprint density at radius 1 is 1.23 bits per heavy atom. The van der Waals surface area contributed by atoms with E-state index in [-0.39, 0.29) is 17.7 Å². The van der Waals surface area contributed by atoms with Gasteiger partial charge in [-0.2, -0.15) is 0 Å². The van der Waals surface area contributed by atoms with Crippen molar-refractivity contribution in [2.45, 2.75) is 38.1 Å². The smallest absolute Gasteiger partial charge is 0.244 e. The van der Waals surface area contributed by atoms with Gasteiger partial charge >= 0.3 is 0 Å². The summed E-state index contributed by atoms with van der Waals surface area (Å²) < 4.78 is 5.53. The number of rotatable bonds is 3. The molecule has 0 radical (unpaired) electrons. The van der Waals surface area contributed by atoms with Crippen molar-refractivity contribution < 1.29 is 14.3 Å². The molecule has 5 nitrogen and oxygen atoms in total. The number of benzene rings is 1. The van der Waals surface area contributed by atoms with Crippen molar-refractivity contribution in [2.24, 2.45) is 0 Å². The van der Waals surface area contributed by atoms with Crippen LogP contribution in [0.3, 0.4) is 0 Å². The number of carbonyl (C=O) groups is 2. The first-order chi connectivity index (χ1) is 10.7. The normalized spacial score (nSPS) is 21.7. The number of para-hydroxylation sites is 1. The van der Waals surface area contributed by atoms with E-state index in [2.05, 4.69) is 5.32 Å². The average Bonchev–Trinajstić information content (AvgIpc) is 2.99. The third kappa shape index (κ3) is 2.93. The number of nitrogens with zero attached hydrogens (tertiary/aromatic N) is 1. The Hall–Kier alpha value is -2.04. The number of likely N-dealkylation sites (tertiary alicyclic amines) is 1. The highest BCUT2D eigenvalue weighted by atomic mass is 16.5. The van der Waals surface area contributed by atoms with Gasteiger partial charge in [-0.05, 0) is 32.3 Å². The van der Waals surface area contributed by atoms with Crippen LogP contribution in [0.25, 0.3) is 0 Å². The minimum absolute atomic E-state index is 0.0141. The summed E-state index contributed by atoms with van der Waals surface area (Å²) in [4.78, 5) is 26.7. The van der Waals surface area contributed by atoms with Crippen LogP contribution in [0.2, 0.25) is 0 Å². The first kappa shape index (κ1) is 14.9. The molecule has 3 rings (SSSR count). The van der Waals surface area contributed by atoms with Crippen molar-refractivity contribution in [3.63, 3.8) is 0 Å². The molecule has 2 amide bonds. The minimum Gasteiger partial charge on any atom is -0.492 e. The van der Waals surface area contributed by atoms with Crippen molar-refractivity contribution >= 4 is 11.8 Å². The van der Waals surface area contributed by atoms with Crippen LogP contribution in [0.1, 0.15) is 37.7 Å². The standard InChI is InChI=1S/C17H22N2O3/c1-12(17(21)19-9-5-2-6-10-19)18-16(20)14-11-22-15-8-4-3-7-13(14)15/h3-4,7-8,12,14H,2,5-6,9-11H2,1H3,(H,18,20). The summed E-state index contributed by atoms with van der Waals surface area (Å²) in [7, 11) is 0. The third-order valence-corrected chi connectivity index (χ3v) is 4.41. The van der Waals surface area contributed by atoms with Crippen LogP contribution >= 0.6 is 0 Å². The van der Waals surface area contributed by atoms with E-state index in [9.17, 15) is 9.59 Å². The van der Waals surface area contributed by atoms with E-state index in [1.165, 1.54) is 6.42 Å². The number of nitrogens with one attached hydrogen (secondary N) is 1. The second-order valence-electron chi connectivity index (χ2n) is 6.02. The topological polar surface area (TPSA) is 58.6 Å². The zero-order chi connectivity index (χ0) is 15.5. The molecule has 2 unspecified atom stereocenters. The molecule has 0 aliphatic carbocycles. The quantitative estimate of drug-likeness (QED) is 0.924. The molecule has 2 aliphatic heterocycles. The van der Waals surface area contributed by atoms with Gasteiger partial charge in [0.05, 0.1) is 0 Å². The van der Waals surface area contributed by atoms with Gasteiger partial charge in [0.25, 0.3) is 0 Å². The van der Waals surface area contributed by atoms with Gasteiger partial charge in [0.1, 0.15) is 24.3 Å². The summed E-state index contributed by atoms with van der Waals surface area (Å²) in [6.07, 6.45) is 3.28. The molecule has 2 aliphatic rings. The second kappa shape index (κ2) is 6.38. The van der Waals surface area contributed by atoms with E-state index in [0.29, 0.717) is 6.61 Å². The maximum absolute atomic E-state index is 12.4. The summed E-state index contributed by atoms with van der Waals surface area (Å²) in [5.74, 6) is 0.313. The van der Waals surface area contributed by atoms with Gasteiger partial charge in [-0.3, -0.25) is 9.59 Å². The van der Waals surface area contributed by atoms with Crippen LogP contribution in [-0.2, 0) is 9.59 Å². The molecular formula is C17H22N2O3. The van der Waals surface area contributed by atoms with E-state index in [1.54, 1.807) is 6.92 Å². The van der Waals surface area contributed by atoms with Gasteiger partial charge in [0.15, 0.2) is 0 Å². The molecule has 1 aromatic rings. The maximum Gasteiger partial charge on any atom is 0.244 e. The SMILES string of the molecule is CC(NC(=O)C1COc2ccccc21)C(=O)N1CCCCC1. The van der Waals surface area contributed by atoms with E-state index in [0.717, 1.165) is 37.2 Å². The molecule has 2 atom stereocenters. The Kier molecular flexibility index (Phi) is 4.32. The number of hydrogen-bond acceptors (Lipinski definition) is 3. The molecule has 1 saturated heterocycles. The molecule has 0 bridgehead atoms. The second-order valence-corrected chi connectivity index (χ2v) is 6.02. The molecule has 118 valence electrons. The number of hydrogen-bond donors (Lipinski definition) is 1. The largest absolute Gasteiger partial charge is 0.492 e. The van der Waals surface area contributed by atoms with Crippen LogP contribution in [0.5, 0.6) is 5.75 Å². The van der Waals surface area contributed by atoms with Crippen LogP contribution in [0.15, 0.2) is 24.3 Å². The van der Waals surface area contributed by atoms with Gasteiger partial charge in [0, 0.05) is 18.7 Å². The van der Waals surface area contributed by atoms with E-state index in [4.69, 9.17) is 4.74 Å². The maximum atomic E-state index is 12.4. The monoisotopic (exact) mass is 302 g/mol. The Morgan fingerprint density at radius 2 is 1.95 bits per heavy atom. The Balaban J connectivity index is 1.61.